The first-order valence-corrected chi connectivity index (χ1v) is 26.4. The Morgan fingerprint density at radius 3 is 0.951 bits per heavy atom. The predicted octanol–water partition coefficient (Wildman–Crippen LogP) is 9.97. The van der Waals surface area contributed by atoms with Crippen molar-refractivity contribution < 1.29 is 30.0 Å². The molecule has 0 saturated carbocycles. The van der Waals surface area contributed by atoms with E-state index >= 15 is 0 Å². The Hall–Kier alpha value is -1.30. The molecule has 4 unspecified atom stereocenters. The summed E-state index contributed by atoms with van der Waals surface area (Å²) in [5.41, 5.74) is 0. The number of aliphatic hydroxyl groups excluding tert-OH is 4. The van der Waals surface area contributed by atoms with Crippen LogP contribution in [0, 0.1) is 0 Å². The van der Waals surface area contributed by atoms with Crippen LogP contribution in [-0.4, -0.2) is 118 Å². The number of nitrogens with one attached hydrogen (secondary N) is 2. The highest BCUT2D eigenvalue weighted by Gasteiger charge is 2.33. The molecule has 10 nitrogen and oxygen atoms in total. The average Bonchev–Trinajstić information content (AvgIpc) is 3.23. The first kappa shape index (κ1) is 57.7. The minimum absolute atomic E-state index is 0.134. The molecule has 61 heavy (non-hydrogen) atoms. The van der Waals surface area contributed by atoms with E-state index in [1.807, 2.05) is 0 Å². The quantitative estimate of drug-likeness (QED) is 0.0332. The molecule has 1 heterocycles. The van der Waals surface area contributed by atoms with Gasteiger partial charge >= 0.3 is 0 Å². The van der Waals surface area contributed by atoms with Gasteiger partial charge in [0.15, 0.2) is 0 Å². The molecule has 1 aliphatic heterocycles. The van der Waals surface area contributed by atoms with E-state index in [1.54, 1.807) is 0 Å². The van der Waals surface area contributed by atoms with E-state index in [0.29, 0.717) is 52.0 Å². The van der Waals surface area contributed by atoms with Crippen LogP contribution >= 0.6 is 0 Å². The Kier molecular flexibility index (Phi) is 38.1. The monoisotopic (exact) mass is 867 g/mol. The van der Waals surface area contributed by atoms with Gasteiger partial charge in [0, 0.05) is 26.2 Å². The van der Waals surface area contributed by atoms with Crippen molar-refractivity contribution in [3.05, 3.63) is 0 Å². The number of rotatable bonds is 45. The minimum Gasteiger partial charge on any atom is -0.392 e. The van der Waals surface area contributed by atoms with Crippen molar-refractivity contribution in [1.29, 1.82) is 0 Å². The smallest absolute Gasteiger partial charge is 0.243 e. The summed E-state index contributed by atoms with van der Waals surface area (Å²) in [5.74, 6) is -0.273. The Labute approximate surface area is 376 Å². The third-order valence-corrected chi connectivity index (χ3v) is 12.9. The van der Waals surface area contributed by atoms with Gasteiger partial charge in [0.05, 0.1) is 24.4 Å². The number of hydrogen-bond donors (Lipinski definition) is 6. The lowest BCUT2D eigenvalue weighted by Crippen LogP contribution is -2.61. The third kappa shape index (κ3) is 32.9. The second-order valence-corrected chi connectivity index (χ2v) is 19.1. The van der Waals surface area contributed by atoms with Gasteiger partial charge in [-0.25, -0.2) is 0 Å². The molecule has 0 aromatic rings. The van der Waals surface area contributed by atoms with E-state index < -0.39 is 36.5 Å². The van der Waals surface area contributed by atoms with Gasteiger partial charge in [0.1, 0.15) is 12.1 Å². The minimum atomic E-state index is -0.580. The van der Waals surface area contributed by atoms with Crippen LogP contribution in [0.1, 0.15) is 240 Å². The molecular weight excluding hydrogens is 765 g/mol. The van der Waals surface area contributed by atoms with Crippen LogP contribution in [0.3, 0.4) is 0 Å². The Bertz CT molecular complexity index is 958. The number of aliphatic hydroxyl groups is 4. The predicted molar refractivity (Wildman–Crippen MR) is 256 cm³/mol. The van der Waals surface area contributed by atoms with Gasteiger partial charge in [-0.15, -0.1) is 0 Å². The second-order valence-electron chi connectivity index (χ2n) is 19.1. The van der Waals surface area contributed by atoms with Crippen molar-refractivity contribution in [2.45, 2.75) is 276 Å². The zero-order valence-corrected chi connectivity index (χ0v) is 40.5. The molecule has 1 rings (SSSR count). The number of unbranched alkanes of at least 4 members (excludes halogenated alkanes) is 21. The van der Waals surface area contributed by atoms with Crippen molar-refractivity contribution in [3.63, 3.8) is 0 Å². The molecule has 6 N–H and O–H groups in total. The average molecular weight is 867 g/mol. The fourth-order valence-electron chi connectivity index (χ4n) is 9.00. The van der Waals surface area contributed by atoms with Crippen LogP contribution < -0.4 is 10.6 Å². The maximum atomic E-state index is 13.2. The lowest BCUT2D eigenvalue weighted by Gasteiger charge is -2.31. The summed E-state index contributed by atoms with van der Waals surface area (Å²) < 4.78 is 0. The zero-order chi connectivity index (χ0) is 44.8. The molecule has 0 aliphatic carbocycles. The van der Waals surface area contributed by atoms with Gasteiger partial charge < -0.3 is 31.1 Å². The molecule has 0 aromatic carbocycles. The number of nitrogens with zero attached hydrogens (tertiary/aromatic N) is 2. The zero-order valence-electron chi connectivity index (χ0n) is 40.5. The summed E-state index contributed by atoms with van der Waals surface area (Å²) in [7, 11) is 0. The van der Waals surface area contributed by atoms with Crippen LogP contribution in [0.25, 0.3) is 0 Å². The highest BCUT2D eigenvalue weighted by Crippen LogP contribution is 2.17. The molecule has 1 aliphatic rings. The molecule has 0 bridgehead atoms. The first-order valence-electron chi connectivity index (χ1n) is 26.4. The second kappa shape index (κ2) is 40.2. The van der Waals surface area contributed by atoms with Crippen molar-refractivity contribution in [2.75, 3.05) is 39.3 Å². The van der Waals surface area contributed by atoms with Crippen molar-refractivity contribution in [2.24, 2.45) is 0 Å². The van der Waals surface area contributed by atoms with Crippen molar-refractivity contribution in [1.82, 2.24) is 20.4 Å². The number of hydrogen-bond acceptors (Lipinski definition) is 8. The largest absolute Gasteiger partial charge is 0.392 e. The summed E-state index contributed by atoms with van der Waals surface area (Å²) in [4.78, 5) is 30.8. The fourth-order valence-corrected chi connectivity index (χ4v) is 9.00. The van der Waals surface area contributed by atoms with Gasteiger partial charge in [0.2, 0.25) is 11.8 Å². The van der Waals surface area contributed by atoms with Crippen LogP contribution in [0.2, 0.25) is 0 Å². The van der Waals surface area contributed by atoms with Gasteiger partial charge in [0.25, 0.3) is 0 Å². The summed E-state index contributed by atoms with van der Waals surface area (Å²) in [6.07, 6.45) is 33.3. The maximum absolute atomic E-state index is 13.2. The van der Waals surface area contributed by atoms with Crippen LogP contribution in [0.15, 0.2) is 0 Å². The van der Waals surface area contributed by atoms with E-state index in [4.69, 9.17) is 0 Å². The molecule has 1 fully saturated rings. The van der Waals surface area contributed by atoms with E-state index in [1.165, 1.54) is 103 Å². The van der Waals surface area contributed by atoms with Gasteiger partial charge in [-0.2, -0.15) is 0 Å². The van der Waals surface area contributed by atoms with Crippen LogP contribution in [0.5, 0.6) is 0 Å². The van der Waals surface area contributed by atoms with Gasteiger partial charge in [-0.3, -0.25) is 19.4 Å². The molecule has 362 valence electrons. The molecule has 0 aromatic heterocycles. The highest BCUT2D eigenvalue weighted by atomic mass is 16.3. The van der Waals surface area contributed by atoms with Gasteiger partial charge in [-0.05, 0) is 70.9 Å². The molecule has 1 saturated heterocycles. The first-order chi connectivity index (χ1) is 29.6. The maximum Gasteiger partial charge on any atom is 0.243 e. The molecule has 0 radical (unpaired) electrons. The molecule has 2 amide bonds. The van der Waals surface area contributed by atoms with Crippen molar-refractivity contribution >= 4 is 11.8 Å². The van der Waals surface area contributed by atoms with E-state index in [-0.39, 0.29) is 11.8 Å². The summed E-state index contributed by atoms with van der Waals surface area (Å²) in [5, 5.41) is 49.7. The Morgan fingerprint density at radius 1 is 0.377 bits per heavy atom. The standard InChI is InChI=1S/C51H102N4O6/c1-5-9-13-17-21-25-32-44(56)40-54(41-45(57)33-26-22-18-14-10-6-2)38-30-29-36-48-50(60)53-49(51(61)52-48)37-31-39-55(42-46(58)34-27-23-19-15-11-7-3)43-47(59)35-28-24-20-16-12-8-4/h44-49,56-59H,5-43H2,1-4H3,(H,52,61)(H,53,60)/t44?,45?,46?,47?,48-,49+/m0/s1. The van der Waals surface area contributed by atoms with Crippen LogP contribution in [0.4, 0.5) is 0 Å². The topological polar surface area (TPSA) is 146 Å². The Morgan fingerprint density at radius 2 is 0.639 bits per heavy atom. The van der Waals surface area contributed by atoms with E-state index in [9.17, 15) is 30.0 Å². The highest BCUT2D eigenvalue weighted by molar-refractivity contribution is 5.96. The van der Waals surface area contributed by atoms with E-state index in [0.717, 1.165) is 96.4 Å². The summed E-state index contributed by atoms with van der Waals surface area (Å²) >= 11 is 0. The number of amides is 2. The SMILES string of the molecule is CCCCCCCCC(O)CN(CCCC[C@@H]1NC(=O)[C@@H](CCCN(CC(O)CCCCCCCC)CC(O)CCCCCCCC)NC1=O)CC(O)CCCCCCCC. The summed E-state index contributed by atoms with van der Waals surface area (Å²) in [6.45, 7) is 12.4. The number of piperazine rings is 1. The summed E-state index contributed by atoms with van der Waals surface area (Å²) in [6, 6.07) is -1.14. The molecule has 0 spiro atoms. The van der Waals surface area contributed by atoms with Gasteiger partial charge in [-0.1, -0.05) is 182 Å². The van der Waals surface area contributed by atoms with Crippen LogP contribution in [-0.2, 0) is 9.59 Å². The van der Waals surface area contributed by atoms with E-state index in [2.05, 4.69) is 48.1 Å². The lowest BCUT2D eigenvalue weighted by molar-refractivity contribution is -0.137. The fraction of sp³-hybridized carbons (Fsp3) is 0.961. The molecule has 10 heteroatoms. The normalized spacial score (nSPS) is 17.8. The molecule has 6 atom stereocenters. The Balaban J connectivity index is 2.61. The third-order valence-electron chi connectivity index (χ3n) is 12.9. The van der Waals surface area contributed by atoms with Crippen molar-refractivity contribution in [3.8, 4) is 0 Å². The number of carbonyl (C=O) groups is 2. The lowest BCUT2D eigenvalue weighted by atomic mass is 10.0. The number of carbonyl (C=O) groups excluding carboxylic acids is 2. The molecular formula is C51H102N4O6.